The molecule has 1 atom stereocenters. The number of ether oxygens (including phenoxy) is 1. The zero-order valence-corrected chi connectivity index (χ0v) is 12.2. The van der Waals surface area contributed by atoms with E-state index < -0.39 is 5.82 Å². The number of hydrogen-bond acceptors (Lipinski definition) is 3. The van der Waals surface area contributed by atoms with Gasteiger partial charge in [0.15, 0.2) is 18.2 Å². The third-order valence-electron chi connectivity index (χ3n) is 2.52. The van der Waals surface area contributed by atoms with Gasteiger partial charge in [0.1, 0.15) is 0 Å². The molecule has 4 nitrogen and oxygen atoms in total. The Hall–Kier alpha value is -1.14. The van der Waals surface area contributed by atoms with Gasteiger partial charge in [-0.1, -0.05) is 22.9 Å². The van der Waals surface area contributed by atoms with Gasteiger partial charge in [0.05, 0.1) is 0 Å². The van der Waals surface area contributed by atoms with Crippen LogP contribution in [0.25, 0.3) is 0 Å². The summed E-state index contributed by atoms with van der Waals surface area (Å²) in [7, 11) is 0. The standard InChI is InChI=1S/C13H17BrFNO3/c1-9(4-5-17)7-16-13(18)8-19-12-3-2-10(14)6-11(12)15/h2-3,6,9,17H,4-5,7-8H2,1H3,(H,16,18). The second-order valence-corrected chi connectivity index (χ2v) is 5.20. The van der Waals surface area contributed by atoms with Gasteiger partial charge in [-0.2, -0.15) is 0 Å². The number of hydrogen-bond donors (Lipinski definition) is 2. The Kier molecular flexibility index (Phi) is 6.80. The van der Waals surface area contributed by atoms with Crippen molar-refractivity contribution in [2.24, 2.45) is 5.92 Å². The molecule has 0 aliphatic rings. The van der Waals surface area contributed by atoms with Crippen LogP contribution in [0, 0.1) is 11.7 Å². The van der Waals surface area contributed by atoms with Crippen molar-refractivity contribution in [3.8, 4) is 5.75 Å². The Morgan fingerprint density at radius 1 is 1.58 bits per heavy atom. The first-order valence-corrected chi connectivity index (χ1v) is 6.77. The summed E-state index contributed by atoms with van der Waals surface area (Å²) in [6.07, 6.45) is 0.627. The predicted molar refractivity (Wildman–Crippen MR) is 73.5 cm³/mol. The molecular formula is C13H17BrFNO3. The molecule has 0 aromatic heterocycles. The molecule has 6 heteroatoms. The molecule has 0 aliphatic heterocycles. The minimum atomic E-state index is -0.518. The van der Waals surface area contributed by atoms with Crippen molar-refractivity contribution in [2.45, 2.75) is 13.3 Å². The van der Waals surface area contributed by atoms with Crippen LogP contribution in [0.5, 0.6) is 5.75 Å². The molecule has 1 unspecified atom stereocenters. The quantitative estimate of drug-likeness (QED) is 0.803. The monoisotopic (exact) mass is 333 g/mol. The maximum Gasteiger partial charge on any atom is 0.257 e. The summed E-state index contributed by atoms with van der Waals surface area (Å²) in [5, 5.41) is 11.4. The SMILES string of the molecule is CC(CCO)CNC(=O)COc1ccc(Br)cc1F. The Balaban J connectivity index is 2.33. The number of carbonyl (C=O) groups is 1. The van der Waals surface area contributed by atoms with Crippen molar-refractivity contribution in [3.05, 3.63) is 28.5 Å². The third kappa shape index (κ3) is 6.02. The Morgan fingerprint density at radius 2 is 2.32 bits per heavy atom. The van der Waals surface area contributed by atoms with Gasteiger partial charge < -0.3 is 15.2 Å². The molecule has 1 aromatic rings. The van der Waals surface area contributed by atoms with Gasteiger partial charge in [-0.25, -0.2) is 4.39 Å². The van der Waals surface area contributed by atoms with Crippen LogP contribution < -0.4 is 10.1 Å². The smallest absolute Gasteiger partial charge is 0.257 e. The molecule has 0 saturated carbocycles. The maximum atomic E-state index is 13.4. The number of carbonyl (C=O) groups excluding carboxylic acids is 1. The third-order valence-corrected chi connectivity index (χ3v) is 3.02. The Bertz CT molecular complexity index is 428. The number of amides is 1. The second kappa shape index (κ2) is 8.12. The number of benzene rings is 1. The lowest BCUT2D eigenvalue weighted by atomic mass is 10.1. The molecule has 0 fully saturated rings. The first-order valence-electron chi connectivity index (χ1n) is 5.98. The van der Waals surface area contributed by atoms with E-state index in [4.69, 9.17) is 9.84 Å². The lowest BCUT2D eigenvalue weighted by Gasteiger charge is -2.12. The van der Waals surface area contributed by atoms with E-state index in [0.717, 1.165) is 0 Å². The van der Waals surface area contributed by atoms with E-state index >= 15 is 0 Å². The molecule has 0 heterocycles. The van der Waals surface area contributed by atoms with Crippen LogP contribution in [0.3, 0.4) is 0 Å². The number of aliphatic hydroxyl groups is 1. The fraction of sp³-hybridized carbons (Fsp3) is 0.462. The van der Waals surface area contributed by atoms with Crippen molar-refractivity contribution in [1.82, 2.24) is 5.32 Å². The number of rotatable bonds is 7. The lowest BCUT2D eigenvalue weighted by Crippen LogP contribution is -2.32. The number of nitrogens with one attached hydrogen (secondary N) is 1. The normalized spacial score (nSPS) is 12.0. The summed E-state index contributed by atoms with van der Waals surface area (Å²) in [6, 6.07) is 4.37. The van der Waals surface area contributed by atoms with Crippen LogP contribution >= 0.6 is 15.9 Å². The highest BCUT2D eigenvalue weighted by atomic mass is 79.9. The van der Waals surface area contributed by atoms with Gasteiger partial charge in [0.25, 0.3) is 5.91 Å². The number of halogens is 2. The van der Waals surface area contributed by atoms with Crippen LogP contribution in [0.4, 0.5) is 4.39 Å². The number of aliphatic hydroxyl groups excluding tert-OH is 1. The first kappa shape index (κ1) is 15.9. The largest absolute Gasteiger partial charge is 0.481 e. The molecule has 1 aromatic carbocycles. The Labute approximate surface area is 120 Å². The van der Waals surface area contributed by atoms with Crippen molar-refractivity contribution in [2.75, 3.05) is 19.8 Å². The van der Waals surface area contributed by atoms with Gasteiger partial charge in [-0.15, -0.1) is 0 Å². The summed E-state index contributed by atoms with van der Waals surface area (Å²) in [6.45, 7) is 2.25. The lowest BCUT2D eigenvalue weighted by molar-refractivity contribution is -0.123. The minimum Gasteiger partial charge on any atom is -0.481 e. The van der Waals surface area contributed by atoms with E-state index in [1.54, 1.807) is 6.07 Å². The summed E-state index contributed by atoms with van der Waals surface area (Å²) in [4.78, 5) is 11.5. The van der Waals surface area contributed by atoms with Gasteiger partial charge in [0.2, 0.25) is 0 Å². The second-order valence-electron chi connectivity index (χ2n) is 4.28. The van der Waals surface area contributed by atoms with Gasteiger partial charge in [-0.3, -0.25) is 4.79 Å². The van der Waals surface area contributed by atoms with E-state index in [2.05, 4.69) is 21.2 Å². The van der Waals surface area contributed by atoms with E-state index in [9.17, 15) is 9.18 Å². The van der Waals surface area contributed by atoms with Crippen molar-refractivity contribution in [3.63, 3.8) is 0 Å². The van der Waals surface area contributed by atoms with Crippen LogP contribution in [0.15, 0.2) is 22.7 Å². The highest BCUT2D eigenvalue weighted by molar-refractivity contribution is 9.10. The predicted octanol–water partition coefficient (Wildman–Crippen LogP) is 2.10. The average molecular weight is 334 g/mol. The molecule has 106 valence electrons. The van der Waals surface area contributed by atoms with Crippen molar-refractivity contribution < 1.29 is 19.0 Å². The fourth-order valence-electron chi connectivity index (χ4n) is 1.40. The maximum absolute atomic E-state index is 13.4. The first-order chi connectivity index (χ1) is 9.02. The molecule has 0 bridgehead atoms. The fourth-order valence-corrected chi connectivity index (χ4v) is 1.73. The molecule has 19 heavy (non-hydrogen) atoms. The van der Waals surface area contributed by atoms with E-state index in [-0.39, 0.29) is 30.8 Å². The molecule has 0 spiro atoms. The van der Waals surface area contributed by atoms with Crippen LogP contribution in [-0.2, 0) is 4.79 Å². The van der Waals surface area contributed by atoms with Crippen molar-refractivity contribution >= 4 is 21.8 Å². The van der Waals surface area contributed by atoms with E-state index in [0.29, 0.717) is 17.4 Å². The zero-order chi connectivity index (χ0) is 14.3. The average Bonchev–Trinajstić information content (AvgIpc) is 2.35. The summed E-state index contributed by atoms with van der Waals surface area (Å²) in [5.74, 6) is -0.594. The summed E-state index contributed by atoms with van der Waals surface area (Å²) >= 11 is 3.14. The molecule has 0 saturated heterocycles. The molecule has 1 rings (SSSR count). The van der Waals surface area contributed by atoms with Crippen LogP contribution in [0.1, 0.15) is 13.3 Å². The Morgan fingerprint density at radius 3 is 2.95 bits per heavy atom. The van der Waals surface area contributed by atoms with Gasteiger partial charge in [-0.05, 0) is 30.5 Å². The van der Waals surface area contributed by atoms with Gasteiger partial charge in [0, 0.05) is 17.6 Å². The molecule has 2 N–H and O–H groups in total. The minimum absolute atomic E-state index is 0.0433. The van der Waals surface area contributed by atoms with E-state index in [1.165, 1.54) is 12.1 Å². The molecule has 0 aliphatic carbocycles. The summed E-state index contributed by atoms with van der Waals surface area (Å²) in [5.41, 5.74) is 0. The molecule has 1 amide bonds. The molecular weight excluding hydrogens is 317 g/mol. The van der Waals surface area contributed by atoms with E-state index in [1.807, 2.05) is 6.92 Å². The summed E-state index contributed by atoms with van der Waals surface area (Å²) < 4.78 is 19.1. The van der Waals surface area contributed by atoms with Gasteiger partial charge >= 0.3 is 0 Å². The topological polar surface area (TPSA) is 58.6 Å². The highest BCUT2D eigenvalue weighted by Gasteiger charge is 2.08. The zero-order valence-electron chi connectivity index (χ0n) is 10.7. The van der Waals surface area contributed by atoms with Crippen LogP contribution in [0.2, 0.25) is 0 Å². The highest BCUT2D eigenvalue weighted by Crippen LogP contribution is 2.21. The molecule has 0 radical (unpaired) electrons. The van der Waals surface area contributed by atoms with Crippen LogP contribution in [-0.4, -0.2) is 30.8 Å². The van der Waals surface area contributed by atoms with Crippen molar-refractivity contribution in [1.29, 1.82) is 0 Å².